The molecule has 2 aromatic carbocycles. The van der Waals surface area contributed by atoms with E-state index in [1.54, 1.807) is 6.07 Å². The Balaban J connectivity index is 1.59. The summed E-state index contributed by atoms with van der Waals surface area (Å²) in [6.45, 7) is 0.592. The Morgan fingerprint density at radius 3 is 2.28 bits per heavy atom. The maximum atomic E-state index is 14.1. The van der Waals surface area contributed by atoms with Gasteiger partial charge in [-0.3, -0.25) is 9.59 Å². The van der Waals surface area contributed by atoms with Crippen LogP contribution in [0, 0.1) is 0 Å². The number of carbonyl (C=O) groups excluding carboxylic acids is 2. The van der Waals surface area contributed by atoms with Crippen molar-refractivity contribution in [1.29, 1.82) is 0 Å². The molecule has 1 fully saturated rings. The quantitative estimate of drug-likeness (QED) is 0.126. The van der Waals surface area contributed by atoms with Crippen LogP contribution in [-0.2, 0) is 26.2 Å². The molecule has 12 heteroatoms. The number of amides is 2. The molecule has 0 radical (unpaired) electrons. The molecule has 4 rings (SSSR count). The molecule has 2 heterocycles. The minimum atomic E-state index is -3.78. The van der Waals surface area contributed by atoms with Crippen LogP contribution in [0.25, 0.3) is 0 Å². The van der Waals surface area contributed by atoms with E-state index in [0.717, 1.165) is 22.9 Å². The second-order valence-electron chi connectivity index (χ2n) is 9.41. The molecule has 10 nitrogen and oxygen atoms in total. The number of amidine groups is 1. The third-order valence-corrected chi connectivity index (χ3v) is 8.29. The third-order valence-electron chi connectivity index (χ3n) is 6.61. The molecule has 1 aliphatic rings. The zero-order chi connectivity index (χ0) is 28.0. The third kappa shape index (κ3) is 7.02. The van der Waals surface area contributed by atoms with Gasteiger partial charge in [-0.05, 0) is 41.0 Å². The van der Waals surface area contributed by atoms with Gasteiger partial charge >= 0.3 is 0 Å². The fraction of sp³-hybridized carbons (Fsp3) is 0.296. The van der Waals surface area contributed by atoms with Crippen LogP contribution >= 0.6 is 11.3 Å². The van der Waals surface area contributed by atoms with Crippen molar-refractivity contribution in [2.75, 3.05) is 12.8 Å². The minimum absolute atomic E-state index is 0.209. The van der Waals surface area contributed by atoms with Gasteiger partial charge in [0.05, 0.1) is 11.1 Å². The van der Waals surface area contributed by atoms with E-state index in [1.165, 1.54) is 16.2 Å². The number of nitrogens with one attached hydrogen (secondary N) is 2. The van der Waals surface area contributed by atoms with Gasteiger partial charge in [-0.25, -0.2) is 13.1 Å². The largest absolute Gasteiger partial charge is 0.381 e. The summed E-state index contributed by atoms with van der Waals surface area (Å²) in [6, 6.07) is 18.5. The van der Waals surface area contributed by atoms with E-state index in [9.17, 15) is 18.0 Å². The van der Waals surface area contributed by atoms with Crippen LogP contribution in [0.5, 0.6) is 0 Å². The summed E-state index contributed by atoms with van der Waals surface area (Å²) in [5.74, 6) is 4.10. The fourth-order valence-electron chi connectivity index (χ4n) is 4.84. The van der Waals surface area contributed by atoms with Gasteiger partial charge < -0.3 is 21.8 Å². The average Bonchev–Trinajstić information content (AvgIpc) is 3.61. The molecule has 2 atom stereocenters. The molecule has 0 saturated carbocycles. The molecular weight excluding hydrogens is 536 g/mol. The normalized spacial score (nSPS) is 16.8. The van der Waals surface area contributed by atoms with Crippen molar-refractivity contribution >= 4 is 39.0 Å². The Morgan fingerprint density at radius 1 is 1.10 bits per heavy atom. The number of nitrogens with zero attached hydrogens (tertiary/aromatic N) is 2. The molecule has 39 heavy (non-hydrogen) atoms. The number of nitrogens with two attached hydrogens (primary N) is 2. The molecule has 6 N–H and O–H groups in total. The SMILES string of the molecule is CS(=O)(=O)NC(C(=O)N1CCCC1C(=O)NCc1csc(/C(N)=N/N)c1)C(c1ccccc1)c1ccccc1. The van der Waals surface area contributed by atoms with E-state index in [-0.39, 0.29) is 18.3 Å². The molecule has 0 aliphatic carbocycles. The van der Waals surface area contributed by atoms with Gasteiger partial charge in [-0.2, -0.15) is 5.10 Å². The van der Waals surface area contributed by atoms with Gasteiger partial charge in [-0.1, -0.05) is 60.7 Å². The van der Waals surface area contributed by atoms with Crippen LogP contribution in [0.15, 0.2) is 77.2 Å². The highest BCUT2D eigenvalue weighted by molar-refractivity contribution is 7.88. The van der Waals surface area contributed by atoms with E-state index in [1.807, 2.05) is 66.0 Å². The van der Waals surface area contributed by atoms with Crippen LogP contribution < -0.4 is 21.6 Å². The van der Waals surface area contributed by atoms with Crippen LogP contribution in [-0.4, -0.2) is 55.9 Å². The molecule has 0 bridgehead atoms. The molecule has 2 unspecified atom stereocenters. The number of likely N-dealkylation sites (tertiary alicyclic amines) is 1. The standard InChI is InChI=1S/C27H32N6O4S2/c1-39(36,37)32-24(23(19-9-4-2-5-10-19)20-11-6-3-7-12-20)27(35)33-14-8-13-21(33)26(34)30-16-18-15-22(38-17-18)25(28)31-29/h2-7,9-12,15,17,21,23-24,32H,8,13-14,16,29H2,1H3,(H2,28,31)(H,30,34). The first kappa shape index (κ1) is 28.3. The van der Waals surface area contributed by atoms with Crippen molar-refractivity contribution < 1.29 is 18.0 Å². The van der Waals surface area contributed by atoms with E-state index >= 15 is 0 Å². The molecule has 206 valence electrons. The first-order valence-electron chi connectivity index (χ1n) is 12.4. The van der Waals surface area contributed by atoms with Crippen molar-refractivity contribution in [3.8, 4) is 0 Å². The highest BCUT2D eigenvalue weighted by atomic mass is 32.2. The van der Waals surface area contributed by atoms with Gasteiger partial charge in [0.2, 0.25) is 21.8 Å². The molecule has 1 aromatic heterocycles. The Labute approximate surface area is 232 Å². The summed E-state index contributed by atoms with van der Waals surface area (Å²) in [7, 11) is -3.78. The monoisotopic (exact) mass is 568 g/mol. The zero-order valence-corrected chi connectivity index (χ0v) is 23.1. The van der Waals surface area contributed by atoms with Gasteiger partial charge in [0, 0.05) is 19.0 Å². The highest BCUT2D eigenvalue weighted by Gasteiger charge is 2.41. The van der Waals surface area contributed by atoms with Crippen molar-refractivity contribution in [2.45, 2.75) is 37.4 Å². The van der Waals surface area contributed by atoms with Gasteiger partial charge in [-0.15, -0.1) is 11.3 Å². The lowest BCUT2D eigenvalue weighted by Crippen LogP contribution is -2.55. The van der Waals surface area contributed by atoms with Crippen LogP contribution in [0.4, 0.5) is 0 Å². The topological polar surface area (TPSA) is 160 Å². The molecular formula is C27H32N6O4S2. The predicted octanol–water partition coefficient (Wildman–Crippen LogP) is 1.68. The zero-order valence-electron chi connectivity index (χ0n) is 21.5. The summed E-state index contributed by atoms with van der Waals surface area (Å²) in [6.07, 6.45) is 2.14. The summed E-state index contributed by atoms with van der Waals surface area (Å²) in [4.78, 5) is 29.5. The van der Waals surface area contributed by atoms with Gasteiger partial charge in [0.1, 0.15) is 12.1 Å². The second-order valence-corrected chi connectivity index (χ2v) is 12.1. The maximum absolute atomic E-state index is 14.1. The fourth-order valence-corrected chi connectivity index (χ4v) is 6.37. The first-order chi connectivity index (χ1) is 18.7. The number of carbonyl (C=O) groups is 2. The number of hydrazone groups is 1. The molecule has 1 saturated heterocycles. The minimum Gasteiger partial charge on any atom is -0.381 e. The Morgan fingerprint density at radius 2 is 1.72 bits per heavy atom. The second kappa shape index (κ2) is 12.4. The van der Waals surface area contributed by atoms with Crippen LogP contribution in [0.3, 0.4) is 0 Å². The lowest BCUT2D eigenvalue weighted by Gasteiger charge is -2.33. The van der Waals surface area contributed by atoms with E-state index in [0.29, 0.717) is 24.3 Å². The van der Waals surface area contributed by atoms with E-state index in [2.05, 4.69) is 15.1 Å². The van der Waals surface area contributed by atoms with E-state index in [4.69, 9.17) is 11.6 Å². The van der Waals surface area contributed by atoms with Crippen molar-refractivity contribution in [1.82, 2.24) is 14.9 Å². The summed E-state index contributed by atoms with van der Waals surface area (Å²) >= 11 is 1.36. The highest BCUT2D eigenvalue weighted by Crippen LogP contribution is 2.31. The number of benzene rings is 2. The lowest BCUT2D eigenvalue weighted by molar-refractivity contribution is -0.140. The smallest absolute Gasteiger partial charge is 0.243 e. The Hall–Kier alpha value is -3.74. The first-order valence-corrected chi connectivity index (χ1v) is 15.2. The number of hydrogen-bond donors (Lipinski definition) is 4. The Kier molecular flexibility index (Phi) is 9.00. The summed E-state index contributed by atoms with van der Waals surface area (Å²) in [5.41, 5.74) is 8.15. The number of thiophene rings is 1. The van der Waals surface area contributed by atoms with Crippen LogP contribution in [0.1, 0.15) is 40.3 Å². The molecule has 3 aromatic rings. The summed E-state index contributed by atoms with van der Waals surface area (Å²) < 4.78 is 27.6. The molecule has 2 amide bonds. The van der Waals surface area contributed by atoms with Crippen molar-refractivity contribution in [3.05, 3.63) is 93.7 Å². The van der Waals surface area contributed by atoms with Gasteiger partial charge in [0.25, 0.3) is 0 Å². The number of hydrogen-bond acceptors (Lipinski definition) is 7. The molecule has 1 aliphatic heterocycles. The van der Waals surface area contributed by atoms with Crippen LogP contribution in [0.2, 0.25) is 0 Å². The lowest BCUT2D eigenvalue weighted by atomic mass is 9.84. The molecule has 0 spiro atoms. The predicted molar refractivity (Wildman–Crippen MR) is 152 cm³/mol. The number of rotatable bonds is 10. The van der Waals surface area contributed by atoms with Gasteiger partial charge in [0.15, 0.2) is 5.84 Å². The summed E-state index contributed by atoms with van der Waals surface area (Å²) in [5, 5.41) is 8.23. The Bertz CT molecular complexity index is 1390. The number of sulfonamides is 1. The van der Waals surface area contributed by atoms with Crippen molar-refractivity contribution in [2.24, 2.45) is 16.7 Å². The van der Waals surface area contributed by atoms with Crippen molar-refractivity contribution in [3.63, 3.8) is 0 Å². The maximum Gasteiger partial charge on any atom is 0.243 e. The van der Waals surface area contributed by atoms with E-state index < -0.39 is 33.9 Å². The average molecular weight is 569 g/mol.